The fourth-order valence-electron chi connectivity index (χ4n) is 1.69. The molecule has 0 bridgehead atoms. The van der Waals surface area contributed by atoms with Gasteiger partial charge in [0.2, 0.25) is 0 Å². The lowest BCUT2D eigenvalue weighted by molar-refractivity contribution is 0.140. The van der Waals surface area contributed by atoms with Gasteiger partial charge < -0.3 is 14.5 Å². The Morgan fingerprint density at radius 1 is 0.917 bits per heavy atom. The first kappa shape index (κ1) is 20.1. The van der Waals surface area contributed by atoms with Gasteiger partial charge in [-0.2, -0.15) is 0 Å². The predicted octanol–water partition coefficient (Wildman–Crippen LogP) is 4.39. The second-order valence-corrected chi connectivity index (χ2v) is 6.36. The third-order valence-corrected chi connectivity index (χ3v) is 3.18. The molecule has 24 heavy (non-hydrogen) atoms. The highest BCUT2D eigenvalue weighted by atomic mass is 31.2. The van der Waals surface area contributed by atoms with Crippen LogP contribution < -0.4 is 0 Å². The van der Waals surface area contributed by atoms with E-state index in [0.29, 0.717) is 0 Å². The van der Waals surface area contributed by atoms with Gasteiger partial charge in [0.05, 0.1) is 12.9 Å². The van der Waals surface area contributed by atoms with Crippen molar-refractivity contribution in [3.63, 3.8) is 0 Å². The first-order valence-electron chi connectivity index (χ1n) is 7.44. The van der Waals surface area contributed by atoms with Crippen molar-refractivity contribution in [2.24, 2.45) is 0 Å². The fourth-order valence-corrected chi connectivity index (χ4v) is 2.00. The molecule has 0 aromatic heterocycles. The highest BCUT2D eigenvalue weighted by molar-refractivity contribution is 7.46. The van der Waals surface area contributed by atoms with Crippen molar-refractivity contribution in [2.45, 2.75) is 13.8 Å². The van der Waals surface area contributed by atoms with Gasteiger partial charge >= 0.3 is 7.82 Å². The second kappa shape index (κ2) is 10.8. The number of ether oxygens (including phenoxy) is 1. The average Bonchev–Trinajstić information content (AvgIpc) is 2.55. The number of benzene rings is 2. The molecule has 0 aliphatic rings. The molecule has 2 aromatic carbocycles. The van der Waals surface area contributed by atoms with Gasteiger partial charge in [-0.3, -0.25) is 4.52 Å². The van der Waals surface area contributed by atoms with Crippen molar-refractivity contribution < 1.29 is 23.6 Å². The maximum atomic E-state index is 10.1. The summed E-state index contributed by atoms with van der Waals surface area (Å²) in [5.74, 6) is 0. The Morgan fingerprint density at radius 2 is 1.38 bits per heavy atom. The van der Waals surface area contributed by atoms with Crippen molar-refractivity contribution in [3.8, 4) is 11.1 Å². The summed E-state index contributed by atoms with van der Waals surface area (Å²) in [5.41, 5.74) is 3.53. The molecular weight excluding hydrogens is 327 g/mol. The largest absolute Gasteiger partial charge is 0.499 e. The van der Waals surface area contributed by atoms with Crippen LogP contribution in [-0.4, -0.2) is 23.0 Å². The molecule has 0 atom stereocenters. The summed E-state index contributed by atoms with van der Waals surface area (Å²) < 4.78 is 19.1. The molecule has 0 fully saturated rings. The van der Waals surface area contributed by atoms with E-state index in [9.17, 15) is 4.57 Å². The summed E-state index contributed by atoms with van der Waals surface area (Å²) in [6.07, 6.45) is 1.50. The lowest BCUT2D eigenvalue weighted by Gasteiger charge is -2.04. The van der Waals surface area contributed by atoms with Crippen molar-refractivity contribution >= 4 is 7.82 Å². The summed E-state index contributed by atoms with van der Waals surface area (Å²) in [6, 6.07) is 20.8. The smallest absolute Gasteiger partial charge is 0.469 e. The molecule has 6 heteroatoms. The van der Waals surface area contributed by atoms with E-state index in [0.717, 1.165) is 5.57 Å². The van der Waals surface area contributed by atoms with E-state index < -0.39 is 7.82 Å². The Hall–Kier alpha value is -1.91. The van der Waals surface area contributed by atoms with E-state index in [1.54, 1.807) is 0 Å². The number of rotatable bonds is 6. The average molecular weight is 350 g/mol. The maximum absolute atomic E-state index is 10.1. The molecule has 0 saturated heterocycles. The van der Waals surface area contributed by atoms with Gasteiger partial charge in [0, 0.05) is 0 Å². The number of hydrogen-bond acceptors (Lipinski definition) is 3. The van der Waals surface area contributed by atoms with E-state index in [-0.39, 0.29) is 13.2 Å². The minimum absolute atomic E-state index is 0.117. The third-order valence-electron chi connectivity index (χ3n) is 2.66. The Balaban J connectivity index is 0.000000240. The summed E-state index contributed by atoms with van der Waals surface area (Å²) >= 11 is 0. The molecule has 130 valence electrons. The molecule has 0 heterocycles. The molecule has 0 spiro atoms. The maximum Gasteiger partial charge on any atom is 0.469 e. The fraction of sp³-hybridized carbons (Fsp3) is 0.222. The minimum Gasteiger partial charge on any atom is -0.499 e. The Morgan fingerprint density at radius 3 is 1.75 bits per heavy atom. The van der Waals surface area contributed by atoms with Crippen LogP contribution in [-0.2, 0) is 13.8 Å². The van der Waals surface area contributed by atoms with E-state index in [1.165, 1.54) is 17.4 Å². The first-order chi connectivity index (χ1) is 11.4. The van der Waals surface area contributed by atoms with Gasteiger partial charge in [0.15, 0.2) is 0 Å². The molecule has 0 amide bonds. The van der Waals surface area contributed by atoms with Crippen molar-refractivity contribution in [2.75, 3.05) is 13.2 Å². The lowest BCUT2D eigenvalue weighted by atomic mass is 10.1. The zero-order valence-electron chi connectivity index (χ0n) is 13.8. The molecule has 2 aromatic rings. The van der Waals surface area contributed by atoms with Crippen LogP contribution in [0.5, 0.6) is 0 Å². The van der Waals surface area contributed by atoms with Crippen LogP contribution in [0.4, 0.5) is 0 Å². The van der Waals surface area contributed by atoms with E-state index in [2.05, 4.69) is 53.1 Å². The Labute approximate surface area is 142 Å². The highest BCUT2D eigenvalue weighted by Gasteiger charge is 2.12. The molecule has 0 aliphatic heterocycles. The van der Waals surface area contributed by atoms with Crippen LogP contribution >= 0.6 is 7.82 Å². The molecule has 0 radical (unpaired) electrons. The Bertz CT molecular complexity index is 608. The molecule has 5 nitrogen and oxygen atoms in total. The number of phosphoric acid groups is 1. The summed E-state index contributed by atoms with van der Waals surface area (Å²) in [4.78, 5) is 16.5. The van der Waals surface area contributed by atoms with Crippen molar-refractivity contribution in [3.05, 3.63) is 72.5 Å². The van der Waals surface area contributed by atoms with E-state index in [4.69, 9.17) is 14.5 Å². The second-order valence-electron chi connectivity index (χ2n) is 5.12. The topological polar surface area (TPSA) is 76.0 Å². The number of allylic oxidation sites excluding steroid dienone is 1. The SMILES string of the molecule is CC(C)=COCCOP(=O)(O)O.c1ccc(-c2ccccc2)cc1. The number of hydrogen-bond donors (Lipinski definition) is 2. The van der Waals surface area contributed by atoms with Gasteiger partial charge in [-0.1, -0.05) is 60.7 Å². The lowest BCUT2D eigenvalue weighted by Crippen LogP contribution is -1.99. The third kappa shape index (κ3) is 9.98. The van der Waals surface area contributed by atoms with Crippen LogP contribution in [0.3, 0.4) is 0 Å². The van der Waals surface area contributed by atoms with Crippen LogP contribution in [0.1, 0.15) is 13.8 Å². The van der Waals surface area contributed by atoms with Gasteiger partial charge in [-0.05, 0) is 30.5 Å². The Kier molecular flexibility index (Phi) is 9.05. The highest BCUT2D eigenvalue weighted by Crippen LogP contribution is 2.35. The van der Waals surface area contributed by atoms with Gasteiger partial charge in [0.1, 0.15) is 6.61 Å². The van der Waals surface area contributed by atoms with Crippen molar-refractivity contribution in [1.82, 2.24) is 0 Å². The molecule has 0 aliphatic carbocycles. The van der Waals surface area contributed by atoms with Crippen LogP contribution in [0, 0.1) is 0 Å². The van der Waals surface area contributed by atoms with E-state index in [1.807, 2.05) is 26.0 Å². The van der Waals surface area contributed by atoms with Crippen LogP contribution in [0.15, 0.2) is 72.5 Å². The normalized spacial score (nSPS) is 10.3. The zero-order valence-corrected chi connectivity index (χ0v) is 14.7. The monoisotopic (exact) mass is 350 g/mol. The van der Waals surface area contributed by atoms with Gasteiger partial charge in [-0.15, -0.1) is 0 Å². The van der Waals surface area contributed by atoms with E-state index >= 15 is 0 Å². The van der Waals surface area contributed by atoms with Crippen LogP contribution in [0.2, 0.25) is 0 Å². The molecule has 2 rings (SSSR count). The minimum atomic E-state index is -4.33. The van der Waals surface area contributed by atoms with Crippen LogP contribution in [0.25, 0.3) is 11.1 Å². The van der Waals surface area contributed by atoms with Gasteiger partial charge in [0.25, 0.3) is 0 Å². The molecule has 0 saturated carbocycles. The summed E-state index contributed by atoms with van der Waals surface area (Å²) in [5, 5.41) is 0. The molecule has 0 unspecified atom stereocenters. The first-order valence-corrected chi connectivity index (χ1v) is 8.97. The van der Waals surface area contributed by atoms with Gasteiger partial charge in [-0.25, -0.2) is 4.57 Å². The molecule has 2 N–H and O–H groups in total. The number of phosphoric ester groups is 1. The van der Waals surface area contributed by atoms with Crippen molar-refractivity contribution in [1.29, 1.82) is 0 Å². The quantitative estimate of drug-likeness (QED) is 0.459. The zero-order chi connectivity index (χ0) is 17.8. The summed E-state index contributed by atoms with van der Waals surface area (Å²) in [6.45, 7) is 3.72. The summed E-state index contributed by atoms with van der Waals surface area (Å²) in [7, 11) is -4.33. The standard InChI is InChI=1S/C12H10.C6H13O5P/c1-3-7-11(8-4-1)12-9-5-2-6-10-12;1-6(2)5-10-3-4-11-12(7,8)9/h1-10H;5H,3-4H2,1-2H3,(H2,7,8,9). The molecular formula is C18H23O5P. The predicted molar refractivity (Wildman–Crippen MR) is 95.3 cm³/mol.